The molecule has 3 rings (SSSR count). The quantitative estimate of drug-likeness (QED) is 0.352. The van der Waals surface area contributed by atoms with Crippen LogP contribution in [0.1, 0.15) is 68.1 Å². The Labute approximate surface area is 185 Å². The number of benzene rings is 2. The van der Waals surface area contributed by atoms with Gasteiger partial charge in [-0.3, -0.25) is 0 Å². The highest BCUT2D eigenvalue weighted by Gasteiger charge is 2.25. The van der Waals surface area contributed by atoms with Crippen molar-refractivity contribution in [2.24, 2.45) is 5.92 Å². The fourth-order valence-electron chi connectivity index (χ4n) is 4.43. The Bertz CT molecular complexity index is 861. The molecular weight excluding hydrogens is 390 g/mol. The minimum Gasteiger partial charge on any atom is -0.491 e. The smallest absolute Gasteiger partial charge is 0.200 e. The van der Waals surface area contributed by atoms with Crippen molar-refractivity contribution in [1.82, 2.24) is 0 Å². The van der Waals surface area contributed by atoms with Crippen molar-refractivity contribution in [3.05, 3.63) is 89.5 Å². The predicted molar refractivity (Wildman–Crippen MR) is 125 cm³/mol. The van der Waals surface area contributed by atoms with Crippen LogP contribution in [0.5, 0.6) is 5.75 Å². The summed E-state index contributed by atoms with van der Waals surface area (Å²) < 4.78 is 33.8. The van der Waals surface area contributed by atoms with Crippen LogP contribution in [0.25, 0.3) is 0 Å². The zero-order chi connectivity index (χ0) is 22.1. The topological polar surface area (TPSA) is 9.23 Å². The molecule has 0 N–H and O–H groups in total. The number of halogens is 2. The van der Waals surface area contributed by atoms with Crippen LogP contribution in [0.3, 0.4) is 0 Å². The molecule has 1 saturated carbocycles. The molecule has 0 saturated heterocycles. The first kappa shape index (κ1) is 23.2. The lowest BCUT2D eigenvalue weighted by Gasteiger charge is -2.27. The second-order valence-corrected chi connectivity index (χ2v) is 8.44. The van der Waals surface area contributed by atoms with Gasteiger partial charge in [-0.2, -0.15) is 4.39 Å². The summed E-state index contributed by atoms with van der Waals surface area (Å²) in [6, 6.07) is 12.1. The second-order valence-electron chi connectivity index (χ2n) is 8.44. The molecule has 1 aliphatic rings. The van der Waals surface area contributed by atoms with Crippen molar-refractivity contribution in [3.8, 4) is 5.75 Å². The van der Waals surface area contributed by atoms with Crippen LogP contribution in [0, 0.1) is 17.6 Å². The molecule has 2 aromatic carbocycles. The van der Waals surface area contributed by atoms with Gasteiger partial charge in [0.15, 0.2) is 11.6 Å². The van der Waals surface area contributed by atoms with E-state index < -0.39 is 11.6 Å². The highest BCUT2D eigenvalue weighted by molar-refractivity contribution is 5.33. The zero-order valence-electron chi connectivity index (χ0n) is 18.6. The number of aryl methyl sites for hydroxylation is 2. The average molecular weight is 425 g/mol. The maximum Gasteiger partial charge on any atom is 0.200 e. The Morgan fingerprint density at radius 1 is 0.903 bits per heavy atom. The predicted octanol–water partition coefficient (Wildman–Crippen LogP) is 7.94. The molecule has 0 atom stereocenters. The maximum absolute atomic E-state index is 14.5. The van der Waals surface area contributed by atoms with Gasteiger partial charge in [-0.05, 0) is 92.9 Å². The molecule has 0 radical (unpaired) electrons. The van der Waals surface area contributed by atoms with Gasteiger partial charge in [0.25, 0.3) is 0 Å². The van der Waals surface area contributed by atoms with Gasteiger partial charge < -0.3 is 4.74 Å². The van der Waals surface area contributed by atoms with E-state index in [9.17, 15) is 8.78 Å². The molecular formula is C28H34F2O. The van der Waals surface area contributed by atoms with Crippen molar-refractivity contribution in [1.29, 1.82) is 0 Å². The Kier molecular flexibility index (Phi) is 8.87. The standard InChI is InChI=1S/C28H34F2O/c1-3-5-8-21-11-13-22(14-12-21)9-6-7-10-23-15-17-24(18-16-23)25-19-20-26(31-4-2)28(30)27(25)29/h3,7,10-14,19-20,23-24H,1,4-6,8-9,15-18H2,2H3. The van der Waals surface area contributed by atoms with E-state index in [1.165, 1.54) is 11.1 Å². The molecule has 0 aliphatic heterocycles. The Morgan fingerprint density at radius 3 is 2.16 bits per heavy atom. The van der Waals surface area contributed by atoms with Crippen LogP contribution in [-0.2, 0) is 12.8 Å². The van der Waals surface area contributed by atoms with Gasteiger partial charge in [0.05, 0.1) is 6.61 Å². The Hall–Kier alpha value is -2.42. The summed E-state index contributed by atoms with van der Waals surface area (Å²) in [5, 5.41) is 0. The number of hydrogen-bond acceptors (Lipinski definition) is 1. The molecule has 0 heterocycles. The fraction of sp³-hybridized carbons (Fsp3) is 0.429. The van der Waals surface area contributed by atoms with Gasteiger partial charge in [0.1, 0.15) is 0 Å². The van der Waals surface area contributed by atoms with E-state index >= 15 is 0 Å². The summed E-state index contributed by atoms with van der Waals surface area (Å²) in [6.07, 6.45) is 14.5. The number of hydrogen-bond donors (Lipinski definition) is 0. The lowest BCUT2D eigenvalue weighted by atomic mass is 9.78. The van der Waals surface area contributed by atoms with Gasteiger partial charge in [-0.1, -0.05) is 48.6 Å². The summed E-state index contributed by atoms with van der Waals surface area (Å²) in [7, 11) is 0. The largest absolute Gasteiger partial charge is 0.491 e. The molecule has 166 valence electrons. The van der Waals surface area contributed by atoms with Crippen molar-refractivity contribution < 1.29 is 13.5 Å². The third-order valence-electron chi connectivity index (χ3n) is 6.26. The van der Waals surface area contributed by atoms with Gasteiger partial charge in [-0.15, -0.1) is 6.58 Å². The van der Waals surface area contributed by atoms with Gasteiger partial charge in [-0.25, -0.2) is 4.39 Å². The molecule has 0 amide bonds. The molecule has 2 aromatic rings. The third-order valence-corrected chi connectivity index (χ3v) is 6.26. The summed E-state index contributed by atoms with van der Waals surface area (Å²) in [5.74, 6) is -0.954. The SMILES string of the molecule is C=CCCc1ccc(CCC=CC2CCC(c3ccc(OCC)c(F)c3F)CC2)cc1. The van der Waals surface area contributed by atoms with Crippen molar-refractivity contribution >= 4 is 0 Å². The normalized spacial score (nSPS) is 18.9. The molecule has 0 bridgehead atoms. The molecule has 0 aromatic heterocycles. The fourth-order valence-corrected chi connectivity index (χ4v) is 4.43. The highest BCUT2D eigenvalue weighted by Crippen LogP contribution is 2.39. The van der Waals surface area contributed by atoms with Crippen LogP contribution >= 0.6 is 0 Å². The second kappa shape index (κ2) is 11.8. The first-order chi connectivity index (χ1) is 15.1. The van der Waals surface area contributed by atoms with Crippen molar-refractivity contribution in [2.75, 3.05) is 6.61 Å². The van der Waals surface area contributed by atoms with Crippen LogP contribution in [0.4, 0.5) is 8.78 Å². The number of allylic oxidation sites excluding steroid dienone is 3. The Morgan fingerprint density at radius 2 is 1.55 bits per heavy atom. The monoisotopic (exact) mass is 424 g/mol. The van der Waals surface area contributed by atoms with E-state index in [2.05, 4.69) is 43.0 Å². The van der Waals surface area contributed by atoms with Crippen molar-refractivity contribution in [3.63, 3.8) is 0 Å². The molecule has 1 aliphatic carbocycles. The highest BCUT2D eigenvalue weighted by atomic mass is 19.2. The maximum atomic E-state index is 14.5. The van der Waals surface area contributed by atoms with Crippen LogP contribution in [0.15, 0.2) is 61.2 Å². The van der Waals surface area contributed by atoms with Gasteiger partial charge in [0.2, 0.25) is 5.82 Å². The molecule has 0 unspecified atom stereocenters. The van der Waals surface area contributed by atoms with E-state index in [-0.39, 0.29) is 11.7 Å². The molecule has 31 heavy (non-hydrogen) atoms. The van der Waals surface area contributed by atoms with E-state index in [4.69, 9.17) is 4.74 Å². The van der Waals surface area contributed by atoms with Gasteiger partial charge >= 0.3 is 0 Å². The Balaban J connectivity index is 1.44. The summed E-state index contributed by atoms with van der Waals surface area (Å²) in [4.78, 5) is 0. The summed E-state index contributed by atoms with van der Waals surface area (Å²) in [5.41, 5.74) is 3.23. The van der Waals surface area contributed by atoms with E-state index in [1.54, 1.807) is 19.1 Å². The zero-order valence-corrected chi connectivity index (χ0v) is 18.6. The molecule has 1 fully saturated rings. The van der Waals surface area contributed by atoms with E-state index in [1.807, 2.05) is 6.08 Å². The third kappa shape index (κ3) is 6.53. The number of ether oxygens (including phenoxy) is 1. The first-order valence-electron chi connectivity index (χ1n) is 11.6. The minimum absolute atomic E-state index is 0.00627. The van der Waals surface area contributed by atoms with E-state index in [0.29, 0.717) is 18.1 Å². The van der Waals surface area contributed by atoms with Crippen LogP contribution < -0.4 is 4.74 Å². The van der Waals surface area contributed by atoms with Crippen molar-refractivity contribution in [2.45, 2.75) is 64.2 Å². The number of rotatable bonds is 10. The molecule has 0 spiro atoms. The average Bonchev–Trinajstić information content (AvgIpc) is 2.80. The molecule has 3 heteroatoms. The van der Waals surface area contributed by atoms with Crippen LogP contribution in [0.2, 0.25) is 0 Å². The minimum atomic E-state index is -0.852. The lowest BCUT2D eigenvalue weighted by molar-refractivity contribution is 0.310. The first-order valence-corrected chi connectivity index (χ1v) is 11.6. The van der Waals surface area contributed by atoms with Gasteiger partial charge in [0, 0.05) is 0 Å². The van der Waals surface area contributed by atoms with Crippen LogP contribution in [-0.4, -0.2) is 6.61 Å². The summed E-state index contributed by atoms with van der Waals surface area (Å²) in [6.45, 7) is 5.87. The van der Waals surface area contributed by atoms with E-state index in [0.717, 1.165) is 51.4 Å². The lowest BCUT2D eigenvalue weighted by Crippen LogP contribution is -2.14. The molecule has 1 nitrogen and oxygen atoms in total. The summed E-state index contributed by atoms with van der Waals surface area (Å²) >= 11 is 0.